The second kappa shape index (κ2) is 6.83. The molecular weight excluding hydrogens is 188 g/mol. The molecular formula is C12H24N2O. The molecule has 0 aromatic carbocycles. The van der Waals surface area contributed by atoms with E-state index < -0.39 is 0 Å². The van der Waals surface area contributed by atoms with Crippen molar-refractivity contribution < 1.29 is 4.79 Å². The van der Waals surface area contributed by atoms with E-state index in [2.05, 4.69) is 24.5 Å². The molecule has 15 heavy (non-hydrogen) atoms. The summed E-state index contributed by atoms with van der Waals surface area (Å²) in [5, 5.41) is 6.37. The molecule has 1 aliphatic carbocycles. The molecule has 88 valence electrons. The van der Waals surface area contributed by atoms with E-state index in [0.717, 1.165) is 32.4 Å². The van der Waals surface area contributed by atoms with Crippen LogP contribution in [-0.4, -0.2) is 25.0 Å². The van der Waals surface area contributed by atoms with Gasteiger partial charge in [-0.25, -0.2) is 0 Å². The van der Waals surface area contributed by atoms with Crippen molar-refractivity contribution >= 4 is 5.91 Å². The van der Waals surface area contributed by atoms with E-state index >= 15 is 0 Å². The fraction of sp³-hybridized carbons (Fsp3) is 0.917. The van der Waals surface area contributed by atoms with E-state index in [4.69, 9.17) is 0 Å². The van der Waals surface area contributed by atoms with Crippen LogP contribution < -0.4 is 10.6 Å². The zero-order chi connectivity index (χ0) is 11.1. The Morgan fingerprint density at radius 2 is 2.00 bits per heavy atom. The highest BCUT2D eigenvalue weighted by molar-refractivity contribution is 5.78. The first kappa shape index (κ1) is 12.5. The van der Waals surface area contributed by atoms with Crippen molar-refractivity contribution in [2.45, 2.75) is 52.0 Å². The predicted octanol–water partition coefficient (Wildman–Crippen LogP) is 1.68. The molecule has 0 heterocycles. The van der Waals surface area contributed by atoms with Gasteiger partial charge in [0.15, 0.2) is 0 Å². The Labute approximate surface area is 93.0 Å². The number of carbonyl (C=O) groups excluding carboxylic acids is 1. The van der Waals surface area contributed by atoms with Gasteiger partial charge in [0, 0.05) is 25.0 Å². The first-order chi connectivity index (χ1) is 7.24. The third-order valence-electron chi connectivity index (χ3n) is 3.26. The lowest BCUT2D eigenvalue weighted by Gasteiger charge is -2.13. The predicted molar refractivity (Wildman–Crippen MR) is 62.7 cm³/mol. The van der Waals surface area contributed by atoms with Gasteiger partial charge in [-0.05, 0) is 26.2 Å². The summed E-state index contributed by atoms with van der Waals surface area (Å²) in [6.07, 6.45) is 5.76. The molecule has 0 aromatic rings. The molecule has 0 radical (unpaired) electrons. The van der Waals surface area contributed by atoms with Crippen molar-refractivity contribution in [3.8, 4) is 0 Å². The Morgan fingerprint density at radius 1 is 1.33 bits per heavy atom. The van der Waals surface area contributed by atoms with Crippen LogP contribution >= 0.6 is 0 Å². The Bertz CT molecular complexity index is 188. The highest BCUT2D eigenvalue weighted by Crippen LogP contribution is 2.24. The summed E-state index contributed by atoms with van der Waals surface area (Å²) in [7, 11) is 0. The van der Waals surface area contributed by atoms with Crippen molar-refractivity contribution in [2.75, 3.05) is 13.1 Å². The molecule has 1 atom stereocenters. The van der Waals surface area contributed by atoms with Crippen LogP contribution in [-0.2, 0) is 4.79 Å². The number of rotatable bonds is 6. The maximum absolute atomic E-state index is 11.6. The van der Waals surface area contributed by atoms with Gasteiger partial charge in [0.25, 0.3) is 0 Å². The zero-order valence-corrected chi connectivity index (χ0v) is 10.0. The van der Waals surface area contributed by atoms with Crippen LogP contribution in [0.1, 0.15) is 46.0 Å². The summed E-state index contributed by atoms with van der Waals surface area (Å²) in [4.78, 5) is 11.6. The average Bonchev–Trinajstić information content (AvgIpc) is 2.77. The summed E-state index contributed by atoms with van der Waals surface area (Å²) in [6.45, 7) is 5.97. The molecule has 0 spiro atoms. The minimum absolute atomic E-state index is 0.262. The second-order valence-corrected chi connectivity index (χ2v) is 4.54. The van der Waals surface area contributed by atoms with Crippen molar-refractivity contribution in [3.05, 3.63) is 0 Å². The van der Waals surface area contributed by atoms with Crippen LogP contribution in [0.4, 0.5) is 0 Å². The fourth-order valence-corrected chi connectivity index (χ4v) is 1.98. The van der Waals surface area contributed by atoms with Crippen molar-refractivity contribution in [2.24, 2.45) is 5.92 Å². The quantitative estimate of drug-likeness (QED) is 0.658. The Balaban J connectivity index is 2.01. The third kappa shape index (κ3) is 4.65. The van der Waals surface area contributed by atoms with Crippen molar-refractivity contribution in [1.29, 1.82) is 0 Å². The lowest BCUT2D eigenvalue weighted by molar-refractivity contribution is -0.124. The largest absolute Gasteiger partial charge is 0.355 e. The minimum atomic E-state index is 0.262. The number of hydrogen-bond donors (Lipinski definition) is 2. The average molecular weight is 212 g/mol. The summed E-state index contributed by atoms with van der Waals surface area (Å²) < 4.78 is 0. The lowest BCUT2D eigenvalue weighted by Crippen LogP contribution is -2.37. The van der Waals surface area contributed by atoms with Gasteiger partial charge in [0.1, 0.15) is 0 Å². The Kier molecular flexibility index (Phi) is 5.69. The number of nitrogens with one attached hydrogen (secondary N) is 2. The highest BCUT2D eigenvalue weighted by atomic mass is 16.1. The summed E-state index contributed by atoms with van der Waals surface area (Å²) in [5.41, 5.74) is 0. The maximum atomic E-state index is 11.6. The van der Waals surface area contributed by atoms with Gasteiger partial charge in [-0.15, -0.1) is 0 Å². The molecule has 3 nitrogen and oxygen atoms in total. The molecule has 2 N–H and O–H groups in total. The van der Waals surface area contributed by atoms with Crippen LogP contribution in [0.2, 0.25) is 0 Å². The van der Waals surface area contributed by atoms with Crippen molar-refractivity contribution in [3.63, 3.8) is 0 Å². The molecule has 0 aromatic heterocycles. The van der Waals surface area contributed by atoms with Crippen LogP contribution in [0.5, 0.6) is 0 Å². The molecule has 0 aliphatic heterocycles. The van der Waals surface area contributed by atoms with Crippen LogP contribution in [0.3, 0.4) is 0 Å². The monoisotopic (exact) mass is 212 g/mol. The lowest BCUT2D eigenvalue weighted by atomic mass is 10.1. The number of hydrogen-bond acceptors (Lipinski definition) is 2. The van der Waals surface area contributed by atoms with E-state index in [-0.39, 0.29) is 5.91 Å². The smallest absolute Gasteiger partial charge is 0.223 e. The Hall–Kier alpha value is -0.570. The van der Waals surface area contributed by atoms with Gasteiger partial charge in [-0.1, -0.05) is 19.8 Å². The van der Waals surface area contributed by atoms with Crippen LogP contribution in [0.25, 0.3) is 0 Å². The van der Waals surface area contributed by atoms with Crippen LogP contribution in [0.15, 0.2) is 0 Å². The first-order valence-electron chi connectivity index (χ1n) is 6.25. The van der Waals surface area contributed by atoms with Crippen molar-refractivity contribution in [1.82, 2.24) is 10.6 Å². The summed E-state index contributed by atoms with van der Waals surface area (Å²) in [6, 6.07) is 0.549. The number of amides is 1. The van der Waals surface area contributed by atoms with E-state index in [1.165, 1.54) is 12.8 Å². The molecule has 1 unspecified atom stereocenters. The van der Waals surface area contributed by atoms with Gasteiger partial charge in [-0.3, -0.25) is 4.79 Å². The van der Waals surface area contributed by atoms with Gasteiger partial charge >= 0.3 is 0 Å². The van der Waals surface area contributed by atoms with Crippen LogP contribution in [0, 0.1) is 5.92 Å². The molecule has 0 saturated heterocycles. The first-order valence-corrected chi connectivity index (χ1v) is 6.25. The zero-order valence-electron chi connectivity index (χ0n) is 10.0. The number of carbonyl (C=O) groups is 1. The van der Waals surface area contributed by atoms with Gasteiger partial charge in [-0.2, -0.15) is 0 Å². The standard InChI is InChI=1S/C12H24N2O/c1-3-10(2)13-8-9-14-12(15)11-6-4-5-7-11/h10-11,13H,3-9H2,1-2H3,(H,14,15). The SMILES string of the molecule is CCC(C)NCCNC(=O)C1CCCC1. The third-order valence-corrected chi connectivity index (χ3v) is 3.26. The van der Waals surface area contributed by atoms with Gasteiger partial charge < -0.3 is 10.6 Å². The van der Waals surface area contributed by atoms with E-state index in [9.17, 15) is 4.79 Å². The molecule has 1 saturated carbocycles. The molecule has 0 bridgehead atoms. The normalized spacial score (nSPS) is 19.1. The molecule has 1 rings (SSSR count). The summed E-state index contributed by atoms with van der Waals surface area (Å²) >= 11 is 0. The van der Waals surface area contributed by atoms with E-state index in [0.29, 0.717) is 12.0 Å². The maximum Gasteiger partial charge on any atom is 0.223 e. The topological polar surface area (TPSA) is 41.1 Å². The summed E-state index contributed by atoms with van der Waals surface area (Å²) in [5.74, 6) is 0.562. The second-order valence-electron chi connectivity index (χ2n) is 4.54. The van der Waals surface area contributed by atoms with Gasteiger partial charge in [0.2, 0.25) is 5.91 Å². The molecule has 3 heteroatoms. The van der Waals surface area contributed by atoms with E-state index in [1.54, 1.807) is 0 Å². The van der Waals surface area contributed by atoms with E-state index in [1.807, 2.05) is 0 Å². The molecule has 1 amide bonds. The molecule has 1 fully saturated rings. The fourth-order valence-electron chi connectivity index (χ4n) is 1.98. The van der Waals surface area contributed by atoms with Gasteiger partial charge in [0.05, 0.1) is 0 Å². The Morgan fingerprint density at radius 3 is 2.60 bits per heavy atom. The molecule has 1 aliphatic rings. The highest BCUT2D eigenvalue weighted by Gasteiger charge is 2.21. The minimum Gasteiger partial charge on any atom is -0.355 e.